The molecule has 0 amide bonds. The molecule has 4 nitrogen and oxygen atoms in total. The minimum Gasteiger partial charge on any atom is -0.399 e. The summed E-state index contributed by atoms with van der Waals surface area (Å²) in [6.07, 6.45) is 2.56. The zero-order chi connectivity index (χ0) is 11.5. The molecule has 2 aromatic rings. The zero-order valence-corrected chi connectivity index (χ0v) is 9.23. The van der Waals surface area contributed by atoms with Gasteiger partial charge >= 0.3 is 5.69 Å². The second-order valence-electron chi connectivity index (χ2n) is 3.88. The van der Waals surface area contributed by atoms with E-state index in [9.17, 15) is 4.79 Å². The molecule has 0 saturated carbocycles. The quantitative estimate of drug-likeness (QED) is 0.761. The second-order valence-corrected chi connectivity index (χ2v) is 3.88. The number of aromatic nitrogens is 2. The van der Waals surface area contributed by atoms with Gasteiger partial charge in [0.15, 0.2) is 0 Å². The monoisotopic (exact) mass is 217 g/mol. The van der Waals surface area contributed by atoms with Gasteiger partial charge in [-0.15, -0.1) is 0 Å². The SMILES string of the molecule is Cc1c[nH]c(=O)n1CCc1ccc(N)cc1. The van der Waals surface area contributed by atoms with E-state index in [-0.39, 0.29) is 5.69 Å². The number of imidazole rings is 1. The maximum absolute atomic E-state index is 11.4. The summed E-state index contributed by atoms with van der Waals surface area (Å²) in [5.41, 5.74) is 8.46. The Labute approximate surface area is 93.7 Å². The number of anilines is 1. The van der Waals surface area contributed by atoms with Crippen LogP contribution in [0.1, 0.15) is 11.3 Å². The molecule has 0 saturated heterocycles. The van der Waals surface area contributed by atoms with E-state index in [2.05, 4.69) is 4.98 Å². The maximum Gasteiger partial charge on any atom is 0.325 e. The molecule has 0 aliphatic carbocycles. The molecule has 0 spiro atoms. The van der Waals surface area contributed by atoms with Crippen LogP contribution in [0, 0.1) is 6.92 Å². The van der Waals surface area contributed by atoms with Crippen LogP contribution in [0.15, 0.2) is 35.3 Å². The molecule has 1 heterocycles. The van der Waals surface area contributed by atoms with E-state index in [1.807, 2.05) is 31.2 Å². The third kappa shape index (κ3) is 2.16. The number of nitrogens with one attached hydrogen (secondary N) is 1. The molecule has 1 aromatic heterocycles. The number of aryl methyl sites for hydroxylation is 2. The molecule has 84 valence electrons. The Hall–Kier alpha value is -1.97. The number of hydrogen-bond donors (Lipinski definition) is 2. The molecule has 0 bridgehead atoms. The molecule has 4 heteroatoms. The molecule has 16 heavy (non-hydrogen) atoms. The van der Waals surface area contributed by atoms with Crippen LogP contribution in [0.25, 0.3) is 0 Å². The number of nitrogens with two attached hydrogens (primary N) is 1. The van der Waals surface area contributed by atoms with Crippen LogP contribution in [0.3, 0.4) is 0 Å². The highest BCUT2D eigenvalue weighted by Gasteiger charge is 2.01. The van der Waals surface area contributed by atoms with Crippen LogP contribution in [0.4, 0.5) is 5.69 Å². The van der Waals surface area contributed by atoms with Crippen molar-refractivity contribution in [2.45, 2.75) is 19.9 Å². The number of rotatable bonds is 3. The molecular formula is C12H15N3O. The summed E-state index contributed by atoms with van der Waals surface area (Å²) < 4.78 is 1.73. The van der Waals surface area contributed by atoms with Gasteiger partial charge in [0.05, 0.1) is 0 Å². The Morgan fingerprint density at radius 1 is 1.31 bits per heavy atom. The molecule has 1 aromatic carbocycles. The zero-order valence-electron chi connectivity index (χ0n) is 9.23. The van der Waals surface area contributed by atoms with E-state index in [0.717, 1.165) is 17.8 Å². The van der Waals surface area contributed by atoms with E-state index in [1.54, 1.807) is 10.8 Å². The van der Waals surface area contributed by atoms with Crippen LogP contribution in [-0.4, -0.2) is 9.55 Å². The van der Waals surface area contributed by atoms with Crippen LogP contribution < -0.4 is 11.4 Å². The summed E-state index contributed by atoms with van der Waals surface area (Å²) in [5.74, 6) is 0. The lowest BCUT2D eigenvalue weighted by Gasteiger charge is -2.04. The number of hydrogen-bond acceptors (Lipinski definition) is 2. The second kappa shape index (κ2) is 4.26. The predicted molar refractivity (Wildman–Crippen MR) is 64.3 cm³/mol. The third-order valence-corrected chi connectivity index (χ3v) is 2.68. The largest absolute Gasteiger partial charge is 0.399 e. The Morgan fingerprint density at radius 3 is 2.56 bits per heavy atom. The van der Waals surface area contributed by atoms with E-state index >= 15 is 0 Å². The van der Waals surface area contributed by atoms with Crippen molar-refractivity contribution >= 4 is 5.69 Å². The lowest BCUT2D eigenvalue weighted by atomic mass is 10.1. The summed E-state index contributed by atoms with van der Waals surface area (Å²) in [7, 11) is 0. The van der Waals surface area contributed by atoms with Crippen LogP contribution >= 0.6 is 0 Å². The van der Waals surface area contributed by atoms with Crippen molar-refractivity contribution in [1.82, 2.24) is 9.55 Å². The summed E-state index contributed by atoms with van der Waals surface area (Å²) in [5, 5.41) is 0. The molecule has 0 atom stereocenters. The predicted octanol–water partition coefficient (Wildman–Crippen LogP) is 1.31. The van der Waals surface area contributed by atoms with Gasteiger partial charge in [-0.05, 0) is 31.0 Å². The lowest BCUT2D eigenvalue weighted by Crippen LogP contribution is -2.19. The minimum atomic E-state index is -0.0482. The van der Waals surface area contributed by atoms with Gasteiger partial charge < -0.3 is 10.7 Å². The van der Waals surface area contributed by atoms with E-state index in [1.165, 1.54) is 5.56 Å². The summed E-state index contributed by atoms with van der Waals surface area (Å²) in [6.45, 7) is 2.61. The molecule has 0 fully saturated rings. The van der Waals surface area contributed by atoms with Gasteiger partial charge in [-0.2, -0.15) is 0 Å². The van der Waals surface area contributed by atoms with Gasteiger partial charge in [0.2, 0.25) is 0 Å². The van der Waals surface area contributed by atoms with Gasteiger partial charge in [0.1, 0.15) is 0 Å². The first-order chi connectivity index (χ1) is 7.66. The highest BCUT2D eigenvalue weighted by Crippen LogP contribution is 2.07. The Kier molecular flexibility index (Phi) is 2.81. The number of nitrogens with zero attached hydrogens (tertiary/aromatic N) is 1. The minimum absolute atomic E-state index is 0.0482. The summed E-state index contributed by atoms with van der Waals surface area (Å²) >= 11 is 0. The van der Waals surface area contributed by atoms with Crippen molar-refractivity contribution in [3.8, 4) is 0 Å². The molecule has 0 unspecified atom stereocenters. The highest BCUT2D eigenvalue weighted by molar-refractivity contribution is 5.39. The van der Waals surface area contributed by atoms with Gasteiger partial charge in [0, 0.05) is 24.1 Å². The standard InChI is InChI=1S/C12H15N3O/c1-9-8-14-12(16)15(9)7-6-10-2-4-11(13)5-3-10/h2-5,8H,6-7,13H2,1H3,(H,14,16). The number of nitrogen functional groups attached to an aromatic ring is 1. The first-order valence-corrected chi connectivity index (χ1v) is 5.26. The maximum atomic E-state index is 11.4. The first kappa shape index (κ1) is 10.5. The Bertz CT molecular complexity index is 522. The fourth-order valence-corrected chi connectivity index (χ4v) is 1.69. The van der Waals surface area contributed by atoms with Crippen molar-refractivity contribution in [2.24, 2.45) is 0 Å². The average molecular weight is 217 g/mol. The van der Waals surface area contributed by atoms with Gasteiger partial charge in [-0.3, -0.25) is 4.57 Å². The fraction of sp³-hybridized carbons (Fsp3) is 0.250. The first-order valence-electron chi connectivity index (χ1n) is 5.26. The Morgan fingerprint density at radius 2 is 2.00 bits per heavy atom. The van der Waals surface area contributed by atoms with Crippen molar-refractivity contribution in [3.63, 3.8) is 0 Å². The molecule has 2 rings (SSSR count). The van der Waals surface area contributed by atoms with Crippen molar-refractivity contribution in [3.05, 3.63) is 52.2 Å². The summed E-state index contributed by atoms with van der Waals surface area (Å²) in [4.78, 5) is 14.1. The van der Waals surface area contributed by atoms with Crippen LogP contribution in [-0.2, 0) is 13.0 Å². The Balaban J connectivity index is 2.08. The summed E-state index contributed by atoms with van der Waals surface area (Å²) in [6, 6.07) is 7.73. The highest BCUT2D eigenvalue weighted by atomic mass is 16.1. The molecule has 0 radical (unpaired) electrons. The van der Waals surface area contributed by atoms with Gasteiger partial charge in [-0.1, -0.05) is 12.1 Å². The number of H-pyrrole nitrogens is 1. The molecule has 0 aliphatic heterocycles. The van der Waals surface area contributed by atoms with Crippen molar-refractivity contribution in [2.75, 3.05) is 5.73 Å². The fourth-order valence-electron chi connectivity index (χ4n) is 1.69. The normalized spacial score (nSPS) is 10.6. The van der Waals surface area contributed by atoms with Crippen LogP contribution in [0.2, 0.25) is 0 Å². The van der Waals surface area contributed by atoms with Crippen LogP contribution in [0.5, 0.6) is 0 Å². The van der Waals surface area contributed by atoms with Gasteiger partial charge in [0.25, 0.3) is 0 Å². The van der Waals surface area contributed by atoms with Gasteiger partial charge in [-0.25, -0.2) is 4.79 Å². The smallest absolute Gasteiger partial charge is 0.325 e. The topological polar surface area (TPSA) is 63.8 Å². The number of aromatic amines is 1. The van der Waals surface area contributed by atoms with Crippen molar-refractivity contribution < 1.29 is 0 Å². The van der Waals surface area contributed by atoms with Crippen molar-refractivity contribution in [1.29, 1.82) is 0 Å². The molecule has 0 aliphatic rings. The lowest BCUT2D eigenvalue weighted by molar-refractivity contribution is 0.655. The third-order valence-electron chi connectivity index (χ3n) is 2.68. The van der Waals surface area contributed by atoms with E-state index < -0.39 is 0 Å². The van der Waals surface area contributed by atoms with E-state index in [0.29, 0.717) is 6.54 Å². The molecular weight excluding hydrogens is 202 g/mol. The molecule has 3 N–H and O–H groups in total. The van der Waals surface area contributed by atoms with E-state index in [4.69, 9.17) is 5.73 Å². The number of benzene rings is 1. The average Bonchev–Trinajstić information content (AvgIpc) is 2.59.